The van der Waals surface area contributed by atoms with Crippen LogP contribution in [0.4, 0.5) is 0 Å². The van der Waals surface area contributed by atoms with Crippen LogP contribution in [-0.4, -0.2) is 23.9 Å². The number of aliphatic hydroxyl groups is 1. The van der Waals surface area contributed by atoms with E-state index in [1.165, 1.54) is 25.7 Å². The average Bonchev–Trinajstić information content (AvgIpc) is 1.93. The van der Waals surface area contributed by atoms with E-state index >= 15 is 0 Å². The molecule has 0 aliphatic heterocycles. The predicted octanol–water partition coefficient (Wildman–Crippen LogP) is 1.96. The normalized spacial score (nSPS) is 23.2. The van der Waals surface area contributed by atoms with Gasteiger partial charge in [-0.25, -0.2) is 0 Å². The molecule has 1 aliphatic rings. The number of rotatable bonds is 5. The molecular weight excluding hydrogens is 152 g/mol. The van der Waals surface area contributed by atoms with E-state index in [-0.39, 0.29) is 12.2 Å². The smallest absolute Gasteiger partial charge is 0.0803 e. The van der Waals surface area contributed by atoms with Crippen molar-refractivity contribution in [3.05, 3.63) is 0 Å². The largest absolute Gasteiger partial charge is 0.391 e. The van der Waals surface area contributed by atoms with Gasteiger partial charge in [0.25, 0.3) is 0 Å². The predicted molar refractivity (Wildman–Crippen MR) is 49.1 cm³/mol. The summed E-state index contributed by atoms with van der Waals surface area (Å²) in [6.45, 7) is 4.51. The highest BCUT2D eigenvalue weighted by Gasteiger charge is 2.17. The maximum Gasteiger partial charge on any atom is 0.0803 e. The van der Waals surface area contributed by atoms with Crippen molar-refractivity contribution in [3.63, 3.8) is 0 Å². The summed E-state index contributed by atoms with van der Waals surface area (Å²) in [5.74, 6) is 0.909. The van der Waals surface area contributed by atoms with E-state index in [2.05, 4.69) is 0 Å². The minimum atomic E-state index is -0.341. The van der Waals surface area contributed by atoms with E-state index < -0.39 is 0 Å². The van der Waals surface area contributed by atoms with Crippen molar-refractivity contribution in [2.24, 2.45) is 5.92 Å². The standard InChI is InChI=1S/C10H20O2/c1-8(11)9(2)12-7-6-10-4-3-5-10/h8-11H,3-7H2,1-2H3/t8-,9?/m0/s1. The molecule has 0 heterocycles. The zero-order chi connectivity index (χ0) is 8.97. The summed E-state index contributed by atoms with van der Waals surface area (Å²) in [5, 5.41) is 9.13. The third-order valence-corrected chi connectivity index (χ3v) is 2.81. The highest BCUT2D eigenvalue weighted by atomic mass is 16.5. The van der Waals surface area contributed by atoms with Gasteiger partial charge in [0.15, 0.2) is 0 Å². The van der Waals surface area contributed by atoms with Gasteiger partial charge in [-0.2, -0.15) is 0 Å². The molecule has 1 rings (SSSR count). The fourth-order valence-corrected chi connectivity index (χ4v) is 1.34. The van der Waals surface area contributed by atoms with Gasteiger partial charge in [0.05, 0.1) is 12.2 Å². The van der Waals surface area contributed by atoms with Crippen LogP contribution in [0.15, 0.2) is 0 Å². The fraction of sp³-hybridized carbons (Fsp3) is 1.00. The van der Waals surface area contributed by atoms with Crippen molar-refractivity contribution in [1.82, 2.24) is 0 Å². The maximum atomic E-state index is 9.13. The van der Waals surface area contributed by atoms with Crippen LogP contribution in [0.3, 0.4) is 0 Å². The van der Waals surface area contributed by atoms with Gasteiger partial charge in [0.1, 0.15) is 0 Å². The number of hydrogen-bond donors (Lipinski definition) is 1. The summed E-state index contributed by atoms with van der Waals surface area (Å²) in [4.78, 5) is 0. The van der Waals surface area contributed by atoms with Crippen molar-refractivity contribution in [2.75, 3.05) is 6.61 Å². The van der Waals surface area contributed by atoms with Crippen LogP contribution in [0, 0.1) is 5.92 Å². The first-order chi connectivity index (χ1) is 5.70. The second-order valence-corrected chi connectivity index (χ2v) is 3.90. The summed E-state index contributed by atoms with van der Waals surface area (Å²) < 4.78 is 5.46. The second kappa shape index (κ2) is 4.83. The summed E-state index contributed by atoms with van der Waals surface area (Å²) >= 11 is 0. The lowest BCUT2D eigenvalue weighted by molar-refractivity contribution is -0.0252. The minimum Gasteiger partial charge on any atom is -0.391 e. The number of hydrogen-bond acceptors (Lipinski definition) is 2. The lowest BCUT2D eigenvalue weighted by Gasteiger charge is -2.26. The minimum absolute atomic E-state index is 0.00919. The molecule has 1 fully saturated rings. The highest BCUT2D eigenvalue weighted by Crippen LogP contribution is 2.29. The summed E-state index contributed by atoms with van der Waals surface area (Å²) in [6, 6.07) is 0. The summed E-state index contributed by atoms with van der Waals surface area (Å²) in [5.41, 5.74) is 0. The molecule has 72 valence electrons. The van der Waals surface area contributed by atoms with Crippen LogP contribution in [0.2, 0.25) is 0 Å². The SMILES string of the molecule is CC(OCCC1CCC1)[C@H](C)O. The molecule has 0 aromatic heterocycles. The molecule has 0 bridgehead atoms. The maximum absolute atomic E-state index is 9.13. The molecule has 0 aromatic carbocycles. The van der Waals surface area contributed by atoms with Gasteiger partial charge in [-0.3, -0.25) is 0 Å². The molecule has 2 atom stereocenters. The first-order valence-corrected chi connectivity index (χ1v) is 5.00. The Kier molecular flexibility index (Phi) is 4.02. The quantitative estimate of drug-likeness (QED) is 0.687. The van der Waals surface area contributed by atoms with E-state index in [1.807, 2.05) is 6.92 Å². The molecule has 0 radical (unpaired) electrons. The van der Waals surface area contributed by atoms with Gasteiger partial charge in [-0.1, -0.05) is 19.3 Å². The van der Waals surface area contributed by atoms with Crippen molar-refractivity contribution in [1.29, 1.82) is 0 Å². The van der Waals surface area contributed by atoms with Gasteiger partial charge >= 0.3 is 0 Å². The van der Waals surface area contributed by atoms with Gasteiger partial charge < -0.3 is 9.84 Å². The van der Waals surface area contributed by atoms with Gasteiger partial charge in [-0.15, -0.1) is 0 Å². The Morgan fingerprint density at radius 2 is 2.08 bits per heavy atom. The Hall–Kier alpha value is -0.0800. The van der Waals surface area contributed by atoms with Crippen molar-refractivity contribution in [2.45, 2.75) is 51.7 Å². The van der Waals surface area contributed by atoms with Crippen molar-refractivity contribution in [3.8, 4) is 0 Å². The second-order valence-electron chi connectivity index (χ2n) is 3.90. The lowest BCUT2D eigenvalue weighted by Crippen LogP contribution is -2.24. The third-order valence-electron chi connectivity index (χ3n) is 2.81. The third kappa shape index (κ3) is 3.11. The van der Waals surface area contributed by atoms with Crippen LogP contribution < -0.4 is 0 Å². The van der Waals surface area contributed by atoms with E-state index in [0.717, 1.165) is 12.5 Å². The molecule has 1 aliphatic carbocycles. The molecule has 1 N–H and O–H groups in total. The van der Waals surface area contributed by atoms with E-state index in [4.69, 9.17) is 9.84 Å². The Labute approximate surface area is 74.9 Å². The molecule has 0 spiro atoms. The Morgan fingerprint density at radius 1 is 1.42 bits per heavy atom. The van der Waals surface area contributed by atoms with E-state index in [9.17, 15) is 0 Å². The molecule has 12 heavy (non-hydrogen) atoms. The van der Waals surface area contributed by atoms with E-state index in [0.29, 0.717) is 0 Å². The molecule has 1 unspecified atom stereocenters. The Bertz CT molecular complexity index is 119. The number of aliphatic hydroxyl groups excluding tert-OH is 1. The molecule has 2 heteroatoms. The van der Waals surface area contributed by atoms with Crippen molar-refractivity contribution >= 4 is 0 Å². The average molecular weight is 172 g/mol. The van der Waals surface area contributed by atoms with Crippen LogP contribution in [0.1, 0.15) is 39.5 Å². The summed E-state index contributed by atoms with van der Waals surface area (Å²) in [6.07, 6.45) is 4.99. The Morgan fingerprint density at radius 3 is 2.50 bits per heavy atom. The number of ether oxygens (including phenoxy) is 1. The van der Waals surface area contributed by atoms with Crippen LogP contribution in [-0.2, 0) is 4.74 Å². The van der Waals surface area contributed by atoms with Gasteiger partial charge in [0, 0.05) is 6.61 Å². The zero-order valence-corrected chi connectivity index (χ0v) is 8.12. The summed E-state index contributed by atoms with van der Waals surface area (Å²) in [7, 11) is 0. The first-order valence-electron chi connectivity index (χ1n) is 5.00. The van der Waals surface area contributed by atoms with Crippen LogP contribution >= 0.6 is 0 Å². The molecule has 0 aromatic rings. The molecule has 0 amide bonds. The van der Waals surface area contributed by atoms with Crippen molar-refractivity contribution < 1.29 is 9.84 Å². The van der Waals surface area contributed by atoms with Gasteiger partial charge in [-0.05, 0) is 26.2 Å². The molecular formula is C10H20O2. The monoisotopic (exact) mass is 172 g/mol. The first kappa shape index (κ1) is 10.0. The van der Waals surface area contributed by atoms with E-state index in [1.54, 1.807) is 6.92 Å². The highest BCUT2D eigenvalue weighted by molar-refractivity contribution is 4.69. The fourth-order valence-electron chi connectivity index (χ4n) is 1.34. The molecule has 1 saturated carbocycles. The molecule has 2 nitrogen and oxygen atoms in total. The molecule has 0 saturated heterocycles. The van der Waals surface area contributed by atoms with Crippen LogP contribution in [0.5, 0.6) is 0 Å². The zero-order valence-electron chi connectivity index (χ0n) is 8.12. The topological polar surface area (TPSA) is 29.5 Å². The lowest BCUT2D eigenvalue weighted by atomic mass is 9.83. The van der Waals surface area contributed by atoms with Gasteiger partial charge in [0.2, 0.25) is 0 Å². The Balaban J connectivity index is 1.93. The van der Waals surface area contributed by atoms with Crippen LogP contribution in [0.25, 0.3) is 0 Å².